The number of rotatable bonds is 4. The number of halogens is 1. The summed E-state index contributed by atoms with van der Waals surface area (Å²) in [6.45, 7) is 2.57. The third-order valence-electron chi connectivity index (χ3n) is 2.82. The minimum Gasteiger partial charge on any atom is -0.485 e. The number of ether oxygens (including phenoxy) is 1. The van der Waals surface area contributed by atoms with Crippen LogP contribution < -0.4 is 10.5 Å². The van der Waals surface area contributed by atoms with Crippen LogP contribution in [-0.2, 0) is 20.2 Å². The summed E-state index contributed by atoms with van der Waals surface area (Å²) in [5.41, 5.74) is 6.46. The molecule has 0 fully saturated rings. The molecule has 6 heteroatoms. The van der Waals surface area contributed by atoms with Gasteiger partial charge in [-0.2, -0.15) is 0 Å². The van der Waals surface area contributed by atoms with Gasteiger partial charge in [0.1, 0.15) is 18.2 Å². The van der Waals surface area contributed by atoms with Crippen LogP contribution in [0.25, 0.3) is 0 Å². The molecule has 2 aromatic rings. The highest BCUT2D eigenvalue weighted by molar-refractivity contribution is 6.31. The second-order valence-electron chi connectivity index (χ2n) is 3.93. The smallest absolute Gasteiger partial charge is 0.170 e. The number of hydrogen-bond donors (Lipinski definition) is 1. The van der Waals surface area contributed by atoms with Crippen molar-refractivity contribution in [3.05, 3.63) is 40.4 Å². The van der Waals surface area contributed by atoms with Gasteiger partial charge in [0, 0.05) is 24.2 Å². The van der Waals surface area contributed by atoms with Crippen molar-refractivity contribution in [2.24, 2.45) is 12.8 Å². The number of benzene rings is 1. The van der Waals surface area contributed by atoms with E-state index in [1.165, 1.54) is 0 Å². The monoisotopic (exact) mass is 266 g/mol. The maximum Gasteiger partial charge on any atom is 0.170 e. The van der Waals surface area contributed by atoms with Crippen molar-refractivity contribution in [2.45, 2.75) is 20.1 Å². The molecule has 0 aliphatic heterocycles. The van der Waals surface area contributed by atoms with Gasteiger partial charge in [-0.1, -0.05) is 17.7 Å². The first-order chi connectivity index (χ1) is 8.63. The highest BCUT2D eigenvalue weighted by atomic mass is 35.5. The van der Waals surface area contributed by atoms with Gasteiger partial charge in [-0.3, -0.25) is 0 Å². The van der Waals surface area contributed by atoms with Crippen LogP contribution in [0, 0.1) is 6.92 Å². The standard InChI is InChI=1S/C12H15ClN4O/c1-8-15-16-12(17(8)2)7-18-11-5-3-4-10(13)9(11)6-14/h3-5H,6-7,14H2,1-2H3. The third kappa shape index (κ3) is 2.47. The van der Waals surface area contributed by atoms with E-state index < -0.39 is 0 Å². The summed E-state index contributed by atoms with van der Waals surface area (Å²) in [7, 11) is 1.90. The Kier molecular flexibility index (Phi) is 3.84. The lowest BCUT2D eigenvalue weighted by atomic mass is 10.2. The molecule has 0 bridgehead atoms. The predicted molar refractivity (Wildman–Crippen MR) is 69.4 cm³/mol. The summed E-state index contributed by atoms with van der Waals surface area (Å²) < 4.78 is 7.58. The minimum absolute atomic E-state index is 0.338. The molecule has 0 amide bonds. The number of aryl methyl sites for hydroxylation is 1. The summed E-state index contributed by atoms with van der Waals surface area (Å²) >= 11 is 6.05. The SMILES string of the molecule is Cc1nnc(COc2cccc(Cl)c2CN)n1C. The van der Waals surface area contributed by atoms with Gasteiger partial charge in [-0.15, -0.1) is 10.2 Å². The van der Waals surface area contributed by atoms with Crippen LogP contribution >= 0.6 is 11.6 Å². The topological polar surface area (TPSA) is 66.0 Å². The van der Waals surface area contributed by atoms with Gasteiger partial charge in [0.15, 0.2) is 5.82 Å². The molecule has 0 saturated heterocycles. The fraction of sp³-hybridized carbons (Fsp3) is 0.333. The normalized spacial score (nSPS) is 10.7. The number of aromatic nitrogens is 3. The third-order valence-corrected chi connectivity index (χ3v) is 3.17. The van der Waals surface area contributed by atoms with Gasteiger partial charge in [0.05, 0.1) is 0 Å². The van der Waals surface area contributed by atoms with Crippen LogP contribution in [0.15, 0.2) is 18.2 Å². The molecule has 2 rings (SSSR count). The highest BCUT2D eigenvalue weighted by Crippen LogP contribution is 2.26. The van der Waals surface area contributed by atoms with E-state index in [1.807, 2.05) is 30.7 Å². The lowest BCUT2D eigenvalue weighted by Gasteiger charge is -2.11. The Balaban J connectivity index is 2.16. The Bertz CT molecular complexity index is 553. The van der Waals surface area contributed by atoms with Crippen molar-refractivity contribution in [3.8, 4) is 5.75 Å². The molecule has 5 nitrogen and oxygen atoms in total. The van der Waals surface area contributed by atoms with E-state index >= 15 is 0 Å². The van der Waals surface area contributed by atoms with Gasteiger partial charge in [0.25, 0.3) is 0 Å². The van der Waals surface area contributed by atoms with E-state index in [4.69, 9.17) is 22.1 Å². The Morgan fingerprint density at radius 3 is 2.78 bits per heavy atom. The van der Waals surface area contributed by atoms with Crippen LogP contribution in [0.4, 0.5) is 0 Å². The van der Waals surface area contributed by atoms with Gasteiger partial charge >= 0.3 is 0 Å². The molecule has 0 spiro atoms. The average molecular weight is 267 g/mol. The van der Waals surface area contributed by atoms with Crippen LogP contribution in [0.3, 0.4) is 0 Å². The number of hydrogen-bond acceptors (Lipinski definition) is 4. The maximum absolute atomic E-state index is 6.05. The molecule has 0 saturated carbocycles. The molecule has 2 N–H and O–H groups in total. The average Bonchev–Trinajstić information content (AvgIpc) is 2.68. The van der Waals surface area contributed by atoms with E-state index in [-0.39, 0.29) is 0 Å². The van der Waals surface area contributed by atoms with Crippen LogP contribution in [0.2, 0.25) is 5.02 Å². The summed E-state index contributed by atoms with van der Waals surface area (Å²) in [5, 5.41) is 8.62. The van der Waals surface area contributed by atoms with Gasteiger partial charge in [-0.05, 0) is 19.1 Å². The van der Waals surface area contributed by atoms with Gasteiger partial charge < -0.3 is 15.0 Å². The van der Waals surface area contributed by atoms with Crippen molar-refractivity contribution in [3.63, 3.8) is 0 Å². The fourth-order valence-corrected chi connectivity index (χ4v) is 1.83. The first-order valence-corrected chi connectivity index (χ1v) is 5.96. The maximum atomic E-state index is 6.05. The summed E-state index contributed by atoms with van der Waals surface area (Å²) in [5.74, 6) is 2.29. The van der Waals surface area contributed by atoms with Crippen LogP contribution in [0.1, 0.15) is 17.2 Å². The number of nitrogens with two attached hydrogens (primary N) is 1. The Morgan fingerprint density at radius 1 is 1.39 bits per heavy atom. The number of nitrogens with zero attached hydrogens (tertiary/aromatic N) is 3. The molecule has 1 heterocycles. The first kappa shape index (κ1) is 12.9. The van der Waals surface area contributed by atoms with Crippen LogP contribution in [-0.4, -0.2) is 14.8 Å². The molecule has 0 aliphatic rings. The van der Waals surface area contributed by atoms with E-state index in [0.29, 0.717) is 23.9 Å². The van der Waals surface area contributed by atoms with Gasteiger partial charge in [-0.25, -0.2) is 0 Å². The fourth-order valence-electron chi connectivity index (χ4n) is 1.59. The highest BCUT2D eigenvalue weighted by Gasteiger charge is 2.09. The Morgan fingerprint density at radius 2 is 2.17 bits per heavy atom. The zero-order chi connectivity index (χ0) is 13.1. The summed E-state index contributed by atoms with van der Waals surface area (Å²) in [6, 6.07) is 5.47. The van der Waals surface area contributed by atoms with Gasteiger partial charge in [0.2, 0.25) is 0 Å². The molecule has 0 atom stereocenters. The molecule has 0 aliphatic carbocycles. The second kappa shape index (κ2) is 5.37. The van der Waals surface area contributed by atoms with Crippen LogP contribution in [0.5, 0.6) is 5.75 Å². The molecule has 18 heavy (non-hydrogen) atoms. The van der Waals surface area contributed by atoms with Crippen molar-refractivity contribution in [1.29, 1.82) is 0 Å². The van der Waals surface area contributed by atoms with E-state index in [1.54, 1.807) is 6.07 Å². The first-order valence-electron chi connectivity index (χ1n) is 5.58. The minimum atomic E-state index is 0.338. The predicted octanol–water partition coefficient (Wildman–Crippen LogP) is 1.81. The van der Waals surface area contributed by atoms with Crippen molar-refractivity contribution in [2.75, 3.05) is 0 Å². The Hall–Kier alpha value is -1.59. The van der Waals surface area contributed by atoms with E-state index in [0.717, 1.165) is 17.2 Å². The zero-order valence-electron chi connectivity index (χ0n) is 10.4. The van der Waals surface area contributed by atoms with E-state index in [2.05, 4.69) is 10.2 Å². The van der Waals surface area contributed by atoms with Crippen molar-refractivity contribution in [1.82, 2.24) is 14.8 Å². The zero-order valence-corrected chi connectivity index (χ0v) is 11.1. The molecule has 96 valence electrons. The lowest BCUT2D eigenvalue weighted by molar-refractivity contribution is 0.288. The van der Waals surface area contributed by atoms with Crippen molar-refractivity contribution >= 4 is 11.6 Å². The summed E-state index contributed by atoms with van der Waals surface area (Å²) in [4.78, 5) is 0. The van der Waals surface area contributed by atoms with E-state index in [9.17, 15) is 0 Å². The largest absolute Gasteiger partial charge is 0.485 e. The second-order valence-corrected chi connectivity index (χ2v) is 4.34. The molecule has 1 aromatic carbocycles. The Labute approximate surface area is 111 Å². The summed E-state index contributed by atoms with van der Waals surface area (Å²) in [6.07, 6.45) is 0. The molecule has 0 radical (unpaired) electrons. The molecule has 0 unspecified atom stereocenters. The quantitative estimate of drug-likeness (QED) is 0.917. The lowest BCUT2D eigenvalue weighted by Crippen LogP contribution is -2.07. The molecular weight excluding hydrogens is 252 g/mol. The van der Waals surface area contributed by atoms with Crippen molar-refractivity contribution < 1.29 is 4.74 Å². The molecular formula is C12H15ClN4O. The molecule has 1 aromatic heterocycles.